The predicted molar refractivity (Wildman–Crippen MR) is 67.9 cm³/mol. The van der Waals surface area contributed by atoms with E-state index < -0.39 is 5.60 Å². The molecule has 1 aliphatic rings. The Morgan fingerprint density at radius 2 is 1.78 bits per heavy atom. The van der Waals surface area contributed by atoms with Crippen LogP contribution in [0.5, 0.6) is 0 Å². The first-order valence-electron chi connectivity index (χ1n) is 6.32. The topological polar surface area (TPSA) is 52.6 Å². The standard InChI is InChI=1S/C14H22O4/c1-14(2,3)18-13(16)11-7-5-10(6-8-11)9-12(15)17-4/h9,11H,5-8H2,1-4H3. The van der Waals surface area contributed by atoms with Crippen molar-refractivity contribution in [3.63, 3.8) is 0 Å². The summed E-state index contributed by atoms with van der Waals surface area (Å²) in [4.78, 5) is 23.0. The van der Waals surface area contributed by atoms with E-state index in [0.29, 0.717) is 0 Å². The Labute approximate surface area is 108 Å². The summed E-state index contributed by atoms with van der Waals surface area (Å²) < 4.78 is 9.95. The smallest absolute Gasteiger partial charge is 0.330 e. The number of hydrogen-bond acceptors (Lipinski definition) is 4. The van der Waals surface area contributed by atoms with Crippen molar-refractivity contribution < 1.29 is 19.1 Å². The molecular weight excluding hydrogens is 232 g/mol. The van der Waals surface area contributed by atoms with Gasteiger partial charge in [0.25, 0.3) is 0 Å². The molecule has 0 radical (unpaired) electrons. The second-order valence-corrected chi connectivity index (χ2v) is 5.63. The van der Waals surface area contributed by atoms with Gasteiger partial charge < -0.3 is 9.47 Å². The summed E-state index contributed by atoms with van der Waals surface area (Å²) in [6.07, 6.45) is 4.55. The Kier molecular flexibility index (Phi) is 4.93. The molecule has 0 aromatic carbocycles. The van der Waals surface area contributed by atoms with Crippen LogP contribution in [0.3, 0.4) is 0 Å². The van der Waals surface area contributed by atoms with E-state index >= 15 is 0 Å². The first kappa shape index (κ1) is 14.7. The highest BCUT2D eigenvalue weighted by atomic mass is 16.6. The van der Waals surface area contributed by atoms with E-state index in [1.807, 2.05) is 20.8 Å². The zero-order valence-corrected chi connectivity index (χ0v) is 11.6. The third kappa shape index (κ3) is 4.90. The van der Waals surface area contributed by atoms with Gasteiger partial charge >= 0.3 is 11.9 Å². The van der Waals surface area contributed by atoms with Gasteiger partial charge in [-0.25, -0.2) is 4.79 Å². The molecule has 0 amide bonds. The van der Waals surface area contributed by atoms with Crippen LogP contribution in [0.25, 0.3) is 0 Å². The average Bonchev–Trinajstić information content (AvgIpc) is 2.27. The number of methoxy groups -OCH3 is 1. The van der Waals surface area contributed by atoms with E-state index in [4.69, 9.17) is 4.74 Å². The summed E-state index contributed by atoms with van der Waals surface area (Å²) in [6.45, 7) is 5.61. The van der Waals surface area contributed by atoms with Crippen LogP contribution < -0.4 is 0 Å². The zero-order valence-electron chi connectivity index (χ0n) is 11.6. The number of allylic oxidation sites excluding steroid dienone is 1. The second-order valence-electron chi connectivity index (χ2n) is 5.63. The average molecular weight is 254 g/mol. The maximum Gasteiger partial charge on any atom is 0.330 e. The van der Waals surface area contributed by atoms with Crippen LogP contribution in [0.2, 0.25) is 0 Å². The number of carbonyl (C=O) groups is 2. The molecule has 102 valence electrons. The summed E-state index contributed by atoms with van der Waals surface area (Å²) in [7, 11) is 1.37. The first-order chi connectivity index (χ1) is 8.31. The Balaban J connectivity index is 2.47. The van der Waals surface area contributed by atoms with Crippen molar-refractivity contribution in [2.45, 2.75) is 52.1 Å². The molecule has 0 spiro atoms. The molecule has 18 heavy (non-hydrogen) atoms. The SMILES string of the molecule is COC(=O)C=C1CCC(C(=O)OC(C)(C)C)CC1. The lowest BCUT2D eigenvalue weighted by Gasteiger charge is -2.27. The van der Waals surface area contributed by atoms with Crippen molar-refractivity contribution in [2.75, 3.05) is 7.11 Å². The molecule has 4 heteroatoms. The van der Waals surface area contributed by atoms with Crippen molar-refractivity contribution in [1.82, 2.24) is 0 Å². The van der Waals surface area contributed by atoms with Gasteiger partial charge in [-0.3, -0.25) is 4.79 Å². The Hall–Kier alpha value is -1.32. The van der Waals surface area contributed by atoms with Gasteiger partial charge in [0.1, 0.15) is 5.60 Å². The number of carbonyl (C=O) groups excluding carboxylic acids is 2. The molecular formula is C14H22O4. The van der Waals surface area contributed by atoms with Gasteiger partial charge in [-0.05, 0) is 46.5 Å². The number of hydrogen-bond donors (Lipinski definition) is 0. The fourth-order valence-electron chi connectivity index (χ4n) is 1.98. The molecule has 4 nitrogen and oxygen atoms in total. The molecule has 0 bridgehead atoms. The zero-order chi connectivity index (χ0) is 13.8. The van der Waals surface area contributed by atoms with Gasteiger partial charge in [0, 0.05) is 6.08 Å². The first-order valence-corrected chi connectivity index (χ1v) is 6.32. The van der Waals surface area contributed by atoms with Gasteiger partial charge in [-0.2, -0.15) is 0 Å². The summed E-state index contributed by atoms with van der Waals surface area (Å²) in [5.74, 6) is -0.487. The molecule has 0 N–H and O–H groups in total. The van der Waals surface area contributed by atoms with Crippen molar-refractivity contribution in [2.24, 2.45) is 5.92 Å². The second kappa shape index (κ2) is 6.03. The van der Waals surface area contributed by atoms with Crippen molar-refractivity contribution in [3.8, 4) is 0 Å². The summed E-state index contributed by atoms with van der Waals surface area (Å²) in [5.41, 5.74) is 0.626. The Morgan fingerprint density at radius 3 is 2.22 bits per heavy atom. The fourth-order valence-corrected chi connectivity index (χ4v) is 1.98. The number of rotatable bonds is 2. The minimum absolute atomic E-state index is 0.0426. The van der Waals surface area contributed by atoms with E-state index in [1.54, 1.807) is 0 Å². The van der Waals surface area contributed by atoms with Crippen molar-refractivity contribution in [1.29, 1.82) is 0 Å². The minimum atomic E-state index is -0.431. The molecule has 0 atom stereocenters. The predicted octanol–water partition coefficient (Wildman–Crippen LogP) is 2.62. The maximum absolute atomic E-state index is 11.9. The molecule has 0 aliphatic heterocycles. The molecule has 1 saturated carbocycles. The highest BCUT2D eigenvalue weighted by Gasteiger charge is 2.28. The molecule has 0 aromatic rings. The third-order valence-corrected chi connectivity index (χ3v) is 2.89. The van der Waals surface area contributed by atoms with Gasteiger partial charge in [-0.1, -0.05) is 5.57 Å². The Bertz CT molecular complexity index is 339. The van der Waals surface area contributed by atoms with E-state index in [2.05, 4.69) is 4.74 Å². The fraction of sp³-hybridized carbons (Fsp3) is 0.714. The molecule has 0 heterocycles. The van der Waals surface area contributed by atoms with E-state index in [1.165, 1.54) is 13.2 Å². The molecule has 1 fully saturated rings. The molecule has 0 saturated heterocycles. The maximum atomic E-state index is 11.9. The van der Waals surface area contributed by atoms with Crippen molar-refractivity contribution in [3.05, 3.63) is 11.6 Å². The van der Waals surface area contributed by atoms with Crippen LogP contribution in [0, 0.1) is 5.92 Å². The number of ether oxygens (including phenoxy) is 2. The lowest BCUT2D eigenvalue weighted by Crippen LogP contribution is -2.30. The largest absolute Gasteiger partial charge is 0.466 e. The third-order valence-electron chi connectivity index (χ3n) is 2.89. The van der Waals surface area contributed by atoms with E-state index in [9.17, 15) is 9.59 Å². The summed E-state index contributed by atoms with van der Waals surface area (Å²) in [5, 5.41) is 0. The normalized spacial score (nSPS) is 20.2. The monoisotopic (exact) mass is 254 g/mol. The van der Waals surface area contributed by atoms with Gasteiger partial charge in [0.05, 0.1) is 13.0 Å². The van der Waals surface area contributed by atoms with Crippen molar-refractivity contribution >= 4 is 11.9 Å². The van der Waals surface area contributed by atoms with Gasteiger partial charge in [0.15, 0.2) is 0 Å². The highest BCUT2D eigenvalue weighted by Crippen LogP contribution is 2.30. The lowest BCUT2D eigenvalue weighted by molar-refractivity contribution is -0.160. The summed E-state index contributed by atoms with van der Waals surface area (Å²) >= 11 is 0. The van der Waals surface area contributed by atoms with Crippen LogP contribution >= 0.6 is 0 Å². The molecule has 0 unspecified atom stereocenters. The van der Waals surface area contributed by atoms with Crippen LogP contribution in [0.1, 0.15) is 46.5 Å². The minimum Gasteiger partial charge on any atom is -0.466 e. The van der Waals surface area contributed by atoms with E-state index in [0.717, 1.165) is 31.3 Å². The molecule has 1 aliphatic carbocycles. The van der Waals surface area contributed by atoms with E-state index in [-0.39, 0.29) is 17.9 Å². The van der Waals surface area contributed by atoms with Gasteiger partial charge in [-0.15, -0.1) is 0 Å². The van der Waals surface area contributed by atoms with Gasteiger partial charge in [0.2, 0.25) is 0 Å². The van der Waals surface area contributed by atoms with Crippen LogP contribution in [-0.2, 0) is 19.1 Å². The summed E-state index contributed by atoms with van der Waals surface area (Å²) in [6, 6.07) is 0. The van der Waals surface area contributed by atoms with Crippen LogP contribution in [0.4, 0.5) is 0 Å². The molecule has 0 aromatic heterocycles. The van der Waals surface area contributed by atoms with Crippen LogP contribution in [-0.4, -0.2) is 24.6 Å². The Morgan fingerprint density at radius 1 is 1.22 bits per heavy atom. The number of esters is 2. The lowest BCUT2D eigenvalue weighted by atomic mass is 9.85. The highest BCUT2D eigenvalue weighted by molar-refractivity contribution is 5.82. The molecule has 1 rings (SSSR count). The van der Waals surface area contributed by atoms with Crippen LogP contribution in [0.15, 0.2) is 11.6 Å². The quantitative estimate of drug-likeness (QED) is 0.561.